The molecule has 0 bridgehead atoms. The quantitative estimate of drug-likeness (QED) is 0.0847. The van der Waals surface area contributed by atoms with Crippen molar-refractivity contribution in [1.82, 2.24) is 0 Å². The standard InChI is InChI=1S/C35H45BrO5Si/c1-34(2,3)40-32(37)24-31(33-30(39-33)18-13-23-38-25-26-19-21-27(36)22-20-26)41-42(35(4,5)6,28-14-9-7-10-15-28)29-16-11-8-12-17-29/h7-12,14-17,19-22,30-31,33H,13,18,23-25H2,1-6H3/t30-,31+,33+/m0/s1. The molecule has 7 heteroatoms. The number of carbonyl (C=O) groups is 1. The fourth-order valence-electron chi connectivity index (χ4n) is 5.56. The van der Waals surface area contributed by atoms with Gasteiger partial charge >= 0.3 is 5.97 Å². The van der Waals surface area contributed by atoms with Crippen molar-refractivity contribution in [2.45, 2.75) is 96.4 Å². The molecule has 1 heterocycles. The zero-order valence-electron chi connectivity index (χ0n) is 25.8. The molecule has 3 aromatic carbocycles. The van der Waals surface area contributed by atoms with Crippen molar-refractivity contribution in [3.63, 3.8) is 0 Å². The van der Waals surface area contributed by atoms with Crippen LogP contribution in [-0.2, 0) is 30.0 Å². The highest BCUT2D eigenvalue weighted by molar-refractivity contribution is 9.10. The van der Waals surface area contributed by atoms with Crippen LogP contribution >= 0.6 is 15.9 Å². The number of hydrogen-bond donors (Lipinski definition) is 0. The van der Waals surface area contributed by atoms with E-state index in [2.05, 4.69) is 97.4 Å². The van der Waals surface area contributed by atoms with Gasteiger partial charge in [-0.2, -0.15) is 0 Å². The number of hydrogen-bond acceptors (Lipinski definition) is 5. The number of rotatable bonds is 13. The van der Waals surface area contributed by atoms with Crippen LogP contribution in [0.5, 0.6) is 0 Å². The fourth-order valence-corrected chi connectivity index (χ4v) is 10.5. The highest BCUT2D eigenvalue weighted by Crippen LogP contribution is 2.41. The Morgan fingerprint density at radius 1 is 0.881 bits per heavy atom. The average Bonchev–Trinajstić information content (AvgIpc) is 3.71. The molecule has 0 aliphatic carbocycles. The molecule has 5 nitrogen and oxygen atoms in total. The molecule has 1 fully saturated rings. The van der Waals surface area contributed by atoms with Gasteiger partial charge in [0.2, 0.25) is 0 Å². The van der Waals surface area contributed by atoms with Gasteiger partial charge in [-0.15, -0.1) is 0 Å². The predicted molar refractivity (Wildman–Crippen MR) is 175 cm³/mol. The first-order valence-electron chi connectivity index (χ1n) is 14.9. The van der Waals surface area contributed by atoms with Crippen LogP contribution in [0.1, 0.15) is 66.4 Å². The number of epoxide rings is 1. The lowest BCUT2D eigenvalue weighted by molar-refractivity contribution is -0.157. The summed E-state index contributed by atoms with van der Waals surface area (Å²) in [5, 5.41) is 2.14. The molecular formula is C35H45BrO5Si. The molecule has 0 unspecified atom stereocenters. The van der Waals surface area contributed by atoms with Crippen molar-refractivity contribution >= 4 is 40.6 Å². The smallest absolute Gasteiger partial charge is 0.308 e. The van der Waals surface area contributed by atoms with Crippen molar-refractivity contribution in [3.8, 4) is 0 Å². The highest BCUT2D eigenvalue weighted by atomic mass is 79.9. The van der Waals surface area contributed by atoms with E-state index < -0.39 is 20.0 Å². The minimum Gasteiger partial charge on any atom is -0.460 e. The second-order valence-corrected chi connectivity index (χ2v) is 18.2. The minimum absolute atomic E-state index is 0.0203. The lowest BCUT2D eigenvalue weighted by Gasteiger charge is -2.45. The Bertz CT molecular complexity index is 1230. The molecule has 3 atom stereocenters. The number of halogens is 1. The molecule has 0 radical (unpaired) electrons. The molecular weight excluding hydrogens is 608 g/mol. The van der Waals surface area contributed by atoms with Gasteiger partial charge in [0.1, 0.15) is 11.7 Å². The van der Waals surface area contributed by atoms with Crippen molar-refractivity contribution < 1.29 is 23.4 Å². The Labute approximate surface area is 261 Å². The molecule has 1 aliphatic heterocycles. The molecule has 3 aromatic rings. The number of benzene rings is 3. The van der Waals surface area contributed by atoms with Crippen LogP contribution in [0.2, 0.25) is 5.04 Å². The minimum atomic E-state index is -2.89. The summed E-state index contributed by atoms with van der Waals surface area (Å²) in [5.74, 6) is -0.266. The Balaban J connectivity index is 1.53. The molecule has 226 valence electrons. The maximum Gasteiger partial charge on any atom is 0.308 e. The first-order valence-corrected chi connectivity index (χ1v) is 17.6. The van der Waals surface area contributed by atoms with Gasteiger partial charge in [-0.1, -0.05) is 109 Å². The van der Waals surface area contributed by atoms with Gasteiger partial charge in [-0.3, -0.25) is 4.79 Å². The largest absolute Gasteiger partial charge is 0.460 e. The van der Waals surface area contributed by atoms with Crippen molar-refractivity contribution in [1.29, 1.82) is 0 Å². The summed E-state index contributed by atoms with van der Waals surface area (Å²) in [7, 11) is -2.89. The Hall–Kier alpha value is -2.29. The number of esters is 1. The molecule has 0 amide bonds. The maximum absolute atomic E-state index is 13.2. The summed E-state index contributed by atoms with van der Waals surface area (Å²) in [5.41, 5.74) is 0.574. The summed E-state index contributed by atoms with van der Waals surface area (Å²) in [4.78, 5) is 13.2. The maximum atomic E-state index is 13.2. The van der Waals surface area contributed by atoms with E-state index in [9.17, 15) is 4.79 Å². The molecule has 42 heavy (non-hydrogen) atoms. The summed E-state index contributed by atoms with van der Waals surface area (Å²) >= 11 is 3.47. The summed E-state index contributed by atoms with van der Waals surface area (Å²) in [6.45, 7) is 13.7. The summed E-state index contributed by atoms with van der Waals surface area (Å²) in [6.07, 6.45) is 1.27. The first kappa shape index (κ1) is 32.6. The van der Waals surface area contributed by atoms with E-state index in [0.29, 0.717) is 13.2 Å². The van der Waals surface area contributed by atoms with Crippen molar-refractivity contribution in [2.24, 2.45) is 0 Å². The van der Waals surface area contributed by atoms with E-state index >= 15 is 0 Å². The third-order valence-electron chi connectivity index (χ3n) is 7.48. The fraction of sp³-hybridized carbons (Fsp3) is 0.457. The van der Waals surface area contributed by atoms with E-state index in [1.54, 1.807) is 0 Å². The van der Waals surface area contributed by atoms with Gasteiger partial charge in [-0.25, -0.2) is 0 Å². The van der Waals surface area contributed by atoms with Crippen LogP contribution in [-0.4, -0.2) is 44.8 Å². The number of carbonyl (C=O) groups excluding carboxylic acids is 1. The average molecular weight is 654 g/mol. The van der Waals surface area contributed by atoms with Crippen LogP contribution in [0.15, 0.2) is 89.4 Å². The zero-order chi connectivity index (χ0) is 30.4. The molecule has 0 aromatic heterocycles. The Morgan fingerprint density at radius 2 is 1.45 bits per heavy atom. The summed E-state index contributed by atoms with van der Waals surface area (Å²) in [6, 6.07) is 29.2. The van der Waals surface area contributed by atoms with E-state index in [4.69, 9.17) is 18.6 Å². The normalized spacial score (nSPS) is 18.0. The third kappa shape index (κ3) is 8.63. The van der Waals surface area contributed by atoms with Crippen LogP contribution in [0.25, 0.3) is 0 Å². The van der Waals surface area contributed by atoms with Crippen LogP contribution < -0.4 is 10.4 Å². The molecule has 1 saturated heterocycles. The van der Waals surface area contributed by atoms with E-state index in [-0.39, 0.29) is 29.6 Å². The lowest BCUT2D eigenvalue weighted by Crippen LogP contribution is -2.68. The van der Waals surface area contributed by atoms with Crippen molar-refractivity contribution in [2.75, 3.05) is 6.61 Å². The SMILES string of the molecule is CC(C)(C)OC(=O)C[C@@H](O[Si](c1ccccc1)(c1ccccc1)C(C)(C)C)[C@@H]1O[C@H]1CCCOCc1ccc(Br)cc1. The van der Waals surface area contributed by atoms with Gasteiger partial charge in [0.25, 0.3) is 8.32 Å². The van der Waals surface area contributed by atoms with E-state index in [0.717, 1.165) is 22.9 Å². The Kier molecular flexibility index (Phi) is 10.9. The third-order valence-corrected chi connectivity index (χ3v) is 13.1. The monoisotopic (exact) mass is 652 g/mol. The first-order chi connectivity index (χ1) is 19.9. The molecule has 1 aliphatic rings. The molecule has 0 spiro atoms. The van der Waals surface area contributed by atoms with Crippen LogP contribution in [0.4, 0.5) is 0 Å². The van der Waals surface area contributed by atoms with E-state index in [1.165, 1.54) is 10.4 Å². The number of ether oxygens (including phenoxy) is 3. The van der Waals surface area contributed by atoms with Gasteiger partial charge in [-0.05, 0) is 66.7 Å². The van der Waals surface area contributed by atoms with E-state index in [1.807, 2.05) is 45.0 Å². The molecule has 4 rings (SSSR count). The van der Waals surface area contributed by atoms with Gasteiger partial charge < -0.3 is 18.6 Å². The Morgan fingerprint density at radius 3 is 1.98 bits per heavy atom. The van der Waals surface area contributed by atoms with Crippen molar-refractivity contribution in [3.05, 3.63) is 95.0 Å². The van der Waals surface area contributed by atoms with Crippen LogP contribution in [0, 0.1) is 0 Å². The van der Waals surface area contributed by atoms with Gasteiger partial charge in [0.15, 0.2) is 0 Å². The predicted octanol–water partition coefficient (Wildman–Crippen LogP) is 7.19. The second kappa shape index (κ2) is 14.0. The molecule has 0 N–H and O–H groups in total. The van der Waals surface area contributed by atoms with Gasteiger partial charge in [0.05, 0.1) is 25.2 Å². The second-order valence-electron chi connectivity index (χ2n) is 13.1. The lowest BCUT2D eigenvalue weighted by atomic mass is 10.1. The zero-order valence-corrected chi connectivity index (χ0v) is 28.4. The van der Waals surface area contributed by atoms with Gasteiger partial charge in [0, 0.05) is 11.1 Å². The molecule has 0 saturated carbocycles. The summed E-state index contributed by atoms with van der Waals surface area (Å²) < 4.78 is 26.4. The van der Waals surface area contributed by atoms with Crippen LogP contribution in [0.3, 0.4) is 0 Å². The highest BCUT2D eigenvalue weighted by Gasteiger charge is 2.55. The topological polar surface area (TPSA) is 57.3 Å².